The molecule has 0 saturated carbocycles. The number of aromatic nitrogens is 2. The van der Waals surface area contributed by atoms with E-state index in [9.17, 15) is 22.8 Å². The molecule has 1 fully saturated rings. The number of carbonyl (C=O) groups excluding carboxylic acids is 2. The van der Waals surface area contributed by atoms with Crippen molar-refractivity contribution in [3.63, 3.8) is 0 Å². The Balaban J connectivity index is 1.58. The average Bonchev–Trinajstić information content (AvgIpc) is 3.07. The van der Waals surface area contributed by atoms with Crippen LogP contribution in [0.25, 0.3) is 0 Å². The van der Waals surface area contributed by atoms with E-state index in [4.69, 9.17) is 4.74 Å². The number of amides is 2. The molecule has 4 rings (SSSR count). The molecule has 10 heteroatoms. The van der Waals surface area contributed by atoms with Gasteiger partial charge >= 0.3 is 0 Å². The summed E-state index contributed by atoms with van der Waals surface area (Å²) in [7, 11) is 0. The van der Waals surface area contributed by atoms with Crippen LogP contribution in [0.4, 0.5) is 18.9 Å². The van der Waals surface area contributed by atoms with E-state index in [-0.39, 0.29) is 49.0 Å². The average molecular weight is 422 g/mol. The molecule has 2 aromatic rings. The zero-order valence-corrected chi connectivity index (χ0v) is 16.6. The minimum absolute atomic E-state index is 0.0182. The lowest BCUT2D eigenvalue weighted by Crippen LogP contribution is -2.50. The van der Waals surface area contributed by atoms with Gasteiger partial charge in [0, 0.05) is 6.04 Å². The zero-order chi connectivity index (χ0) is 21.6. The Bertz CT molecular complexity index is 986. The highest BCUT2D eigenvalue weighted by molar-refractivity contribution is 5.96. The predicted molar refractivity (Wildman–Crippen MR) is 100 cm³/mol. The maximum atomic E-state index is 13.5. The number of nitrogens with zero attached hydrogens (tertiary/aromatic N) is 4. The monoisotopic (exact) mass is 422 g/mol. The third-order valence-corrected chi connectivity index (χ3v) is 5.49. The maximum Gasteiger partial charge on any atom is 0.253 e. The lowest BCUT2D eigenvalue weighted by molar-refractivity contribution is -0.134. The van der Waals surface area contributed by atoms with Crippen LogP contribution >= 0.6 is 0 Å². The molecule has 3 heterocycles. The minimum Gasteiger partial charge on any atom is -0.369 e. The fraction of sp³-hybridized carbons (Fsp3) is 0.450. The number of morpholine rings is 1. The fourth-order valence-electron chi connectivity index (χ4n) is 3.99. The van der Waals surface area contributed by atoms with Gasteiger partial charge in [0.2, 0.25) is 5.91 Å². The fourth-order valence-corrected chi connectivity index (χ4v) is 3.99. The molecule has 1 saturated heterocycles. The molecule has 2 atom stereocenters. The number of fused-ring (bicyclic) bond motifs is 1. The summed E-state index contributed by atoms with van der Waals surface area (Å²) in [5, 5.41) is 4.37. The summed E-state index contributed by atoms with van der Waals surface area (Å²) in [6.07, 6.45) is 1.34. The second-order valence-corrected chi connectivity index (χ2v) is 7.71. The molecule has 0 bridgehead atoms. The van der Waals surface area contributed by atoms with Crippen LogP contribution in [0, 0.1) is 17.5 Å². The van der Waals surface area contributed by atoms with Crippen molar-refractivity contribution in [2.24, 2.45) is 0 Å². The predicted octanol–water partition coefficient (Wildman–Crippen LogP) is 2.03. The Morgan fingerprint density at radius 3 is 2.57 bits per heavy atom. The van der Waals surface area contributed by atoms with Crippen LogP contribution in [-0.2, 0) is 33.8 Å². The lowest BCUT2D eigenvalue weighted by Gasteiger charge is -2.37. The van der Waals surface area contributed by atoms with Gasteiger partial charge in [-0.15, -0.1) is 0 Å². The summed E-state index contributed by atoms with van der Waals surface area (Å²) in [4.78, 5) is 28.5. The molecule has 160 valence electrons. The number of ether oxygens (including phenoxy) is 1. The van der Waals surface area contributed by atoms with Crippen LogP contribution in [0.5, 0.6) is 0 Å². The van der Waals surface area contributed by atoms with E-state index < -0.39 is 17.5 Å². The minimum atomic E-state index is -1.56. The molecule has 7 nitrogen and oxygen atoms in total. The van der Waals surface area contributed by atoms with Gasteiger partial charge < -0.3 is 14.5 Å². The first-order chi connectivity index (χ1) is 14.3. The quantitative estimate of drug-likeness (QED) is 0.710. The van der Waals surface area contributed by atoms with E-state index in [1.165, 1.54) is 0 Å². The van der Waals surface area contributed by atoms with Gasteiger partial charge in [-0.25, -0.2) is 13.2 Å². The Morgan fingerprint density at radius 2 is 1.90 bits per heavy atom. The number of benzene rings is 1. The first-order valence-corrected chi connectivity index (χ1v) is 9.63. The Hall–Kier alpha value is -2.88. The normalized spacial score (nSPS) is 21.7. The van der Waals surface area contributed by atoms with Crippen molar-refractivity contribution in [2.45, 2.75) is 45.4 Å². The van der Waals surface area contributed by atoms with Crippen LogP contribution < -0.4 is 4.90 Å². The van der Waals surface area contributed by atoms with Crippen LogP contribution in [-0.4, -0.2) is 51.8 Å². The highest BCUT2D eigenvalue weighted by atomic mass is 19.2. The highest BCUT2D eigenvalue weighted by Gasteiger charge is 2.35. The topological polar surface area (TPSA) is 67.7 Å². The second-order valence-electron chi connectivity index (χ2n) is 7.71. The highest BCUT2D eigenvalue weighted by Crippen LogP contribution is 2.30. The first kappa shape index (κ1) is 20.4. The molecule has 30 heavy (non-hydrogen) atoms. The van der Waals surface area contributed by atoms with Gasteiger partial charge in [-0.3, -0.25) is 14.3 Å². The van der Waals surface area contributed by atoms with Gasteiger partial charge in [0.25, 0.3) is 5.91 Å². The van der Waals surface area contributed by atoms with E-state index in [1.54, 1.807) is 20.7 Å². The number of carbonyl (C=O) groups is 2. The Morgan fingerprint density at radius 1 is 1.20 bits per heavy atom. The van der Waals surface area contributed by atoms with Gasteiger partial charge in [-0.05, 0) is 31.5 Å². The third kappa shape index (κ3) is 3.55. The number of anilines is 1. The molecule has 0 N–H and O–H groups in total. The molecule has 2 aliphatic heterocycles. The molecular formula is C20H21F3N4O3. The zero-order valence-electron chi connectivity index (χ0n) is 16.6. The molecular weight excluding hydrogens is 401 g/mol. The van der Waals surface area contributed by atoms with Crippen LogP contribution in [0.2, 0.25) is 0 Å². The van der Waals surface area contributed by atoms with Crippen molar-refractivity contribution in [1.82, 2.24) is 14.7 Å². The van der Waals surface area contributed by atoms with E-state index in [0.717, 1.165) is 12.1 Å². The van der Waals surface area contributed by atoms with Crippen molar-refractivity contribution in [3.8, 4) is 0 Å². The van der Waals surface area contributed by atoms with Crippen molar-refractivity contribution in [1.29, 1.82) is 0 Å². The van der Waals surface area contributed by atoms with E-state index in [2.05, 4.69) is 5.10 Å². The Kier molecular flexibility index (Phi) is 5.27. The summed E-state index contributed by atoms with van der Waals surface area (Å²) < 4.78 is 47.2. The smallest absolute Gasteiger partial charge is 0.253 e. The number of halogens is 3. The lowest BCUT2D eigenvalue weighted by atomic mass is 10.1. The van der Waals surface area contributed by atoms with Crippen molar-refractivity contribution in [2.75, 3.05) is 18.1 Å². The van der Waals surface area contributed by atoms with E-state index >= 15 is 0 Å². The summed E-state index contributed by atoms with van der Waals surface area (Å²) in [5.41, 5.74) is 1.39. The summed E-state index contributed by atoms with van der Waals surface area (Å²) in [6, 6.07) is 1.27. The summed E-state index contributed by atoms with van der Waals surface area (Å²) >= 11 is 0. The number of hydrogen-bond donors (Lipinski definition) is 0. The molecule has 0 aliphatic carbocycles. The molecule has 2 amide bonds. The molecule has 0 radical (unpaired) electrons. The molecule has 0 unspecified atom stereocenters. The van der Waals surface area contributed by atoms with Crippen LogP contribution in [0.3, 0.4) is 0 Å². The Labute approximate surface area is 171 Å². The van der Waals surface area contributed by atoms with Gasteiger partial charge in [0.15, 0.2) is 17.5 Å². The van der Waals surface area contributed by atoms with Gasteiger partial charge in [-0.1, -0.05) is 0 Å². The maximum absolute atomic E-state index is 13.5. The first-order valence-electron chi connectivity index (χ1n) is 9.63. The second kappa shape index (κ2) is 7.75. The van der Waals surface area contributed by atoms with Crippen molar-refractivity contribution in [3.05, 3.63) is 47.0 Å². The molecule has 1 aromatic carbocycles. The summed E-state index contributed by atoms with van der Waals surface area (Å²) in [5.74, 6) is -4.75. The largest absolute Gasteiger partial charge is 0.369 e. The molecule has 1 aromatic heterocycles. The van der Waals surface area contributed by atoms with Gasteiger partial charge in [0.05, 0.1) is 49.7 Å². The van der Waals surface area contributed by atoms with Crippen LogP contribution in [0.1, 0.15) is 25.1 Å². The number of rotatable bonds is 3. The molecule has 2 aliphatic rings. The standard InChI is InChI=1S/C20H21F3N4O3/c1-11-7-26-17(16(6-24-26)27-12(2)9-30-10-19(27)29)8-25(11)18(28)5-13-3-14(21)20(23)15(22)4-13/h3-4,6,11-12H,5,7-10H2,1-2H3/t11-,12-/m0/s1. The number of hydrogen-bond acceptors (Lipinski definition) is 4. The van der Waals surface area contributed by atoms with Gasteiger partial charge in [-0.2, -0.15) is 5.10 Å². The van der Waals surface area contributed by atoms with Crippen LogP contribution in [0.15, 0.2) is 18.3 Å². The van der Waals surface area contributed by atoms with E-state index in [0.29, 0.717) is 24.5 Å². The summed E-state index contributed by atoms with van der Waals surface area (Å²) in [6.45, 7) is 4.70. The van der Waals surface area contributed by atoms with Gasteiger partial charge in [0.1, 0.15) is 6.61 Å². The molecule has 0 spiro atoms. The SMILES string of the molecule is C[C@H]1Cn2ncc(N3C(=O)COC[C@@H]3C)c2CN1C(=O)Cc1cc(F)c(F)c(F)c1. The van der Waals surface area contributed by atoms with Crippen molar-refractivity contribution < 1.29 is 27.5 Å². The third-order valence-electron chi connectivity index (χ3n) is 5.49. The van der Waals surface area contributed by atoms with E-state index in [1.807, 2.05) is 13.8 Å². The van der Waals surface area contributed by atoms with Crippen molar-refractivity contribution >= 4 is 17.5 Å².